The fourth-order valence-corrected chi connectivity index (χ4v) is 8.17. The van der Waals surface area contributed by atoms with Gasteiger partial charge in [0.1, 0.15) is 12.7 Å². The first kappa shape index (κ1) is 66.9. The number of aliphatic hydroxyl groups excluding tert-OH is 1. The molecule has 0 heterocycles. The van der Waals surface area contributed by atoms with Crippen LogP contribution in [0, 0.1) is 0 Å². The Hall–Kier alpha value is -3.08. The first-order chi connectivity index (χ1) is 34.2. The van der Waals surface area contributed by atoms with E-state index in [1.807, 2.05) is 0 Å². The minimum absolute atomic E-state index is 0.111. The number of hydrogen-bond acceptors (Lipinski definition) is 10. The van der Waals surface area contributed by atoms with Crippen LogP contribution in [0.3, 0.4) is 0 Å². The van der Waals surface area contributed by atoms with Crippen molar-refractivity contribution >= 4 is 25.7 Å². The Morgan fingerprint density at radius 2 is 0.771 bits per heavy atom. The zero-order chi connectivity index (χ0) is 51.3. The second kappa shape index (κ2) is 52.2. The maximum absolute atomic E-state index is 12.9. The molecular weight excluding hydrogens is 904 g/mol. The van der Waals surface area contributed by atoms with Crippen LogP contribution in [0.4, 0.5) is 0 Å². The lowest BCUT2D eigenvalue weighted by Gasteiger charge is -2.21. The van der Waals surface area contributed by atoms with Gasteiger partial charge in [-0.2, -0.15) is 0 Å². The van der Waals surface area contributed by atoms with Gasteiger partial charge in [0.15, 0.2) is 6.10 Å². The van der Waals surface area contributed by atoms with Crippen LogP contribution in [-0.4, -0.2) is 66.5 Å². The number of hydrogen-bond donors (Lipinski definition) is 2. The Labute approximate surface area is 427 Å². The highest BCUT2D eigenvalue weighted by molar-refractivity contribution is 7.47. The number of rotatable bonds is 51. The molecule has 0 aliphatic rings. The first-order valence-corrected chi connectivity index (χ1v) is 29.3. The van der Waals surface area contributed by atoms with E-state index in [1.54, 1.807) is 0 Å². The number of esters is 3. The predicted molar refractivity (Wildman–Crippen MR) is 288 cm³/mol. The maximum Gasteiger partial charge on any atom is 0.472 e. The number of phosphoric acid groups is 1. The van der Waals surface area contributed by atoms with Gasteiger partial charge in [0.05, 0.1) is 19.8 Å². The molecule has 11 nitrogen and oxygen atoms in total. The highest BCUT2D eigenvalue weighted by atomic mass is 31.2. The lowest BCUT2D eigenvalue weighted by Crippen LogP contribution is -2.30. The van der Waals surface area contributed by atoms with Gasteiger partial charge in [0.2, 0.25) is 0 Å². The van der Waals surface area contributed by atoms with E-state index in [4.69, 9.17) is 23.3 Å². The van der Waals surface area contributed by atoms with Crippen molar-refractivity contribution in [1.29, 1.82) is 0 Å². The third-order valence-corrected chi connectivity index (χ3v) is 12.5. The van der Waals surface area contributed by atoms with Crippen LogP contribution in [0.2, 0.25) is 0 Å². The van der Waals surface area contributed by atoms with Crippen LogP contribution in [0.25, 0.3) is 0 Å². The monoisotopic (exact) mass is 1000 g/mol. The molecule has 2 N–H and O–H groups in total. The molecule has 0 saturated heterocycles. The molecule has 404 valence electrons. The van der Waals surface area contributed by atoms with Crippen molar-refractivity contribution < 1.29 is 52.2 Å². The molecule has 0 radical (unpaired) electrons. The molecule has 12 heteroatoms. The third kappa shape index (κ3) is 49.9. The quantitative estimate of drug-likeness (QED) is 0.0197. The van der Waals surface area contributed by atoms with Gasteiger partial charge in [-0.05, 0) is 83.5 Å². The summed E-state index contributed by atoms with van der Waals surface area (Å²) in [5, 5.41) is 9.80. The summed E-state index contributed by atoms with van der Waals surface area (Å²) >= 11 is 0. The maximum atomic E-state index is 12.9. The number of unbranched alkanes of at least 4 members (excludes halogenated alkanes) is 22. The molecular formula is C58H101O11P. The molecule has 3 atom stereocenters. The Kier molecular flexibility index (Phi) is 50.0. The molecule has 0 fully saturated rings. The topological polar surface area (TPSA) is 155 Å². The van der Waals surface area contributed by atoms with Gasteiger partial charge in [0, 0.05) is 19.3 Å². The van der Waals surface area contributed by atoms with Crippen LogP contribution in [0.5, 0.6) is 0 Å². The van der Waals surface area contributed by atoms with Crippen LogP contribution in [-0.2, 0) is 42.2 Å². The average Bonchev–Trinajstić information content (AvgIpc) is 3.35. The van der Waals surface area contributed by atoms with Crippen LogP contribution >= 0.6 is 7.82 Å². The summed E-state index contributed by atoms with van der Waals surface area (Å²) in [6.45, 7) is 4.41. The Morgan fingerprint density at radius 1 is 0.414 bits per heavy atom. The van der Waals surface area contributed by atoms with Gasteiger partial charge in [-0.15, -0.1) is 0 Å². The Bertz CT molecular complexity index is 1450. The minimum atomic E-state index is -4.76. The van der Waals surface area contributed by atoms with E-state index in [2.05, 4.69) is 93.7 Å². The molecule has 0 aromatic rings. The fourth-order valence-electron chi connectivity index (χ4n) is 7.38. The van der Waals surface area contributed by atoms with Crippen LogP contribution < -0.4 is 0 Å². The fraction of sp³-hybridized carbons (Fsp3) is 0.741. The van der Waals surface area contributed by atoms with Crippen molar-refractivity contribution in [2.45, 2.75) is 251 Å². The number of phosphoric ester groups is 1. The average molecular weight is 1010 g/mol. The zero-order valence-corrected chi connectivity index (χ0v) is 45.4. The van der Waals surface area contributed by atoms with E-state index in [-0.39, 0.29) is 25.9 Å². The number of allylic oxidation sites excluding steroid dienone is 12. The summed E-state index contributed by atoms with van der Waals surface area (Å²) in [4.78, 5) is 48.4. The first-order valence-electron chi connectivity index (χ1n) is 27.8. The molecule has 0 aromatic carbocycles. The lowest BCUT2D eigenvalue weighted by molar-refractivity contribution is -0.161. The van der Waals surface area contributed by atoms with Gasteiger partial charge in [-0.1, -0.05) is 209 Å². The summed E-state index contributed by atoms with van der Waals surface area (Å²) < 4.78 is 39.4. The molecule has 0 aliphatic carbocycles. The molecule has 0 rings (SSSR count). The molecule has 0 amide bonds. The summed E-state index contributed by atoms with van der Waals surface area (Å²) in [5.41, 5.74) is 0. The predicted octanol–water partition coefficient (Wildman–Crippen LogP) is 16.1. The van der Waals surface area contributed by atoms with E-state index in [1.165, 1.54) is 77.0 Å². The Balaban J connectivity index is 4.77. The van der Waals surface area contributed by atoms with Gasteiger partial charge < -0.3 is 24.2 Å². The number of carbonyl (C=O) groups is 3. The van der Waals surface area contributed by atoms with Crippen LogP contribution in [0.1, 0.15) is 239 Å². The number of ether oxygens (including phenoxy) is 3. The molecule has 0 aromatic heterocycles. The van der Waals surface area contributed by atoms with Crippen molar-refractivity contribution in [2.75, 3.05) is 26.4 Å². The largest absolute Gasteiger partial charge is 0.472 e. The molecule has 0 spiro atoms. The SMILES string of the molecule is CC/C=C\C/C=C\C/C=C\C/C=C\CCCCC(=O)OC(COC(=O)CCCCCCC/C=C\C/C=C\CCC)COP(=O)(O)OCC(CO)OC(=O)CCCCCCCCCCCCCCCCC. The van der Waals surface area contributed by atoms with Crippen LogP contribution in [0.15, 0.2) is 72.9 Å². The van der Waals surface area contributed by atoms with Gasteiger partial charge in [-0.3, -0.25) is 23.4 Å². The van der Waals surface area contributed by atoms with E-state index < -0.39 is 57.8 Å². The van der Waals surface area contributed by atoms with Crippen molar-refractivity contribution in [3.63, 3.8) is 0 Å². The lowest BCUT2D eigenvalue weighted by atomic mass is 10.0. The third-order valence-electron chi connectivity index (χ3n) is 11.6. The van der Waals surface area contributed by atoms with E-state index in [9.17, 15) is 28.9 Å². The summed E-state index contributed by atoms with van der Waals surface area (Å²) in [7, 11) is -4.76. The highest BCUT2D eigenvalue weighted by Crippen LogP contribution is 2.43. The van der Waals surface area contributed by atoms with Gasteiger partial charge in [0.25, 0.3) is 0 Å². The second-order valence-corrected chi connectivity index (χ2v) is 19.8. The smallest absolute Gasteiger partial charge is 0.462 e. The normalized spacial score (nSPS) is 14.0. The van der Waals surface area contributed by atoms with Gasteiger partial charge >= 0.3 is 25.7 Å². The molecule has 0 saturated carbocycles. The standard InChI is InChI=1S/C58H101O11P/c1-4-7-10-13-16-19-22-25-27-30-33-36-39-42-45-48-57(61)68-54(50-59)52-66-70(63,64)67-53-55(51-65-56(60)47-44-41-38-35-32-29-24-21-18-15-12-9-6-3)69-58(62)49-46-43-40-37-34-31-28-26-23-20-17-14-11-8-5-2/h8,11-12,15,17,20-21,24,26,28,34,37,54-55,59H,4-7,9-10,13-14,16,18-19,22-23,25,27,29-33,35-36,38-53H2,1-3H3,(H,63,64)/b11-8-,15-12-,20-17-,24-21-,28-26-,37-34-. The number of carbonyl (C=O) groups excluding carboxylic acids is 3. The van der Waals surface area contributed by atoms with E-state index in [0.717, 1.165) is 103 Å². The molecule has 3 unspecified atom stereocenters. The van der Waals surface area contributed by atoms with Crippen molar-refractivity contribution in [3.8, 4) is 0 Å². The summed E-state index contributed by atoms with van der Waals surface area (Å²) in [6.07, 6.45) is 57.2. The van der Waals surface area contributed by atoms with Crippen molar-refractivity contribution in [1.82, 2.24) is 0 Å². The van der Waals surface area contributed by atoms with Gasteiger partial charge in [-0.25, -0.2) is 4.57 Å². The van der Waals surface area contributed by atoms with E-state index in [0.29, 0.717) is 19.3 Å². The van der Waals surface area contributed by atoms with E-state index >= 15 is 0 Å². The summed E-state index contributed by atoms with van der Waals surface area (Å²) in [6, 6.07) is 0. The highest BCUT2D eigenvalue weighted by Gasteiger charge is 2.28. The van der Waals surface area contributed by atoms with Crippen molar-refractivity contribution in [2.24, 2.45) is 0 Å². The molecule has 70 heavy (non-hydrogen) atoms. The Morgan fingerprint density at radius 3 is 1.23 bits per heavy atom. The minimum Gasteiger partial charge on any atom is -0.462 e. The zero-order valence-electron chi connectivity index (χ0n) is 44.5. The number of aliphatic hydroxyl groups is 1. The molecule has 0 aliphatic heterocycles. The summed E-state index contributed by atoms with van der Waals surface area (Å²) in [5.74, 6) is -1.53. The second-order valence-electron chi connectivity index (χ2n) is 18.4. The molecule has 0 bridgehead atoms. The van der Waals surface area contributed by atoms with Crippen molar-refractivity contribution in [3.05, 3.63) is 72.9 Å².